The Morgan fingerprint density at radius 3 is 2.77 bits per heavy atom. The number of carbonyl (C=O) groups is 2. The summed E-state index contributed by atoms with van der Waals surface area (Å²) in [5.74, 6) is -0.646. The Bertz CT molecular complexity index is 1500. The Morgan fingerprint density at radius 2 is 1.94 bits per heavy atom. The van der Waals surface area contributed by atoms with Gasteiger partial charge in [0.15, 0.2) is 0 Å². The molecular weight excluding hydrogens is 442 g/mol. The molecule has 3 heterocycles. The quantitative estimate of drug-likeness (QED) is 0.257. The summed E-state index contributed by atoms with van der Waals surface area (Å²) in [6, 6.07) is 19.6. The van der Waals surface area contributed by atoms with Crippen LogP contribution in [0.2, 0.25) is 0 Å². The number of Topliss-reactive ketones (excluding diaryl/α,β-unsaturated/α-hetero) is 1. The zero-order valence-corrected chi connectivity index (χ0v) is 19.1. The highest BCUT2D eigenvalue weighted by Crippen LogP contribution is 2.42. The molecule has 0 bridgehead atoms. The van der Waals surface area contributed by atoms with E-state index in [0.29, 0.717) is 23.3 Å². The van der Waals surface area contributed by atoms with Crippen molar-refractivity contribution in [2.75, 3.05) is 11.5 Å². The molecule has 0 aliphatic carbocycles. The van der Waals surface area contributed by atoms with E-state index in [1.165, 1.54) is 4.90 Å². The van der Waals surface area contributed by atoms with E-state index < -0.39 is 17.7 Å². The number of H-pyrrole nitrogens is 1. The SMILES string of the molecule is Cc1cccc(C2/C(=C(\O)c3ccc4c(c3)CCCO4)C(=O)C(=O)N2c2nc3ccccc3[nH]2)c1. The molecule has 0 radical (unpaired) electrons. The van der Waals surface area contributed by atoms with Gasteiger partial charge in [-0.3, -0.25) is 14.5 Å². The molecule has 7 heteroatoms. The van der Waals surface area contributed by atoms with Crippen molar-refractivity contribution in [1.82, 2.24) is 9.97 Å². The lowest BCUT2D eigenvalue weighted by molar-refractivity contribution is -0.132. The Morgan fingerprint density at radius 1 is 1.09 bits per heavy atom. The van der Waals surface area contributed by atoms with Gasteiger partial charge in [-0.15, -0.1) is 0 Å². The third kappa shape index (κ3) is 3.47. The van der Waals surface area contributed by atoms with Crippen LogP contribution in [0.4, 0.5) is 5.95 Å². The molecule has 2 N–H and O–H groups in total. The molecule has 6 rings (SSSR count). The fourth-order valence-electron chi connectivity index (χ4n) is 4.92. The summed E-state index contributed by atoms with van der Waals surface area (Å²) in [5, 5.41) is 11.4. The molecule has 7 nitrogen and oxygen atoms in total. The van der Waals surface area contributed by atoms with Crippen molar-refractivity contribution < 1.29 is 19.4 Å². The Labute approximate surface area is 201 Å². The summed E-state index contributed by atoms with van der Waals surface area (Å²) in [5.41, 5.74) is 4.62. The van der Waals surface area contributed by atoms with Crippen molar-refractivity contribution in [1.29, 1.82) is 0 Å². The van der Waals surface area contributed by atoms with Gasteiger partial charge in [-0.25, -0.2) is 4.98 Å². The number of anilines is 1. The number of nitrogens with one attached hydrogen (secondary N) is 1. The molecule has 1 fully saturated rings. The maximum Gasteiger partial charge on any atom is 0.302 e. The van der Waals surface area contributed by atoms with Crippen LogP contribution >= 0.6 is 0 Å². The second-order valence-electron chi connectivity index (χ2n) is 8.94. The topological polar surface area (TPSA) is 95.5 Å². The number of fused-ring (bicyclic) bond motifs is 2. The minimum atomic E-state index is -0.831. The van der Waals surface area contributed by atoms with Crippen LogP contribution in [0.1, 0.15) is 34.7 Å². The van der Waals surface area contributed by atoms with Crippen LogP contribution in [-0.2, 0) is 16.0 Å². The van der Waals surface area contributed by atoms with Crippen LogP contribution in [0.15, 0.2) is 72.3 Å². The van der Waals surface area contributed by atoms with E-state index in [-0.39, 0.29) is 17.3 Å². The predicted octanol–water partition coefficient (Wildman–Crippen LogP) is 4.82. The summed E-state index contributed by atoms with van der Waals surface area (Å²) >= 11 is 0. The number of para-hydroxylation sites is 2. The number of benzene rings is 3. The zero-order valence-electron chi connectivity index (χ0n) is 19.1. The van der Waals surface area contributed by atoms with Gasteiger partial charge in [-0.1, -0.05) is 42.0 Å². The number of ether oxygens (including phenoxy) is 1. The van der Waals surface area contributed by atoms with E-state index in [1.807, 2.05) is 61.5 Å². The Kier molecular flexibility index (Phi) is 4.91. The first-order chi connectivity index (χ1) is 17.0. The number of aliphatic hydroxyl groups is 1. The van der Waals surface area contributed by atoms with E-state index in [1.54, 1.807) is 12.1 Å². The summed E-state index contributed by atoms with van der Waals surface area (Å²) in [6.07, 6.45) is 1.71. The molecular formula is C28H23N3O4. The standard InChI is InChI=1S/C28H23N3O4/c1-16-6-4-7-18(14-16)24-23(25(32)19-11-12-22-17(15-19)8-5-13-35-22)26(33)27(34)31(24)28-29-20-9-2-3-10-21(20)30-28/h2-4,6-7,9-12,14-15,24,32H,5,8,13H2,1H3,(H,29,30)/b25-23+. The van der Waals surface area contributed by atoms with Gasteiger partial charge in [0.2, 0.25) is 5.95 Å². The number of aromatic amines is 1. The third-order valence-corrected chi connectivity index (χ3v) is 6.59. The van der Waals surface area contributed by atoms with E-state index in [9.17, 15) is 14.7 Å². The maximum atomic E-state index is 13.4. The van der Waals surface area contributed by atoms with Gasteiger partial charge in [0.25, 0.3) is 5.78 Å². The molecule has 2 aliphatic rings. The molecule has 1 aromatic heterocycles. The van der Waals surface area contributed by atoms with Crippen LogP contribution < -0.4 is 9.64 Å². The highest BCUT2D eigenvalue weighted by molar-refractivity contribution is 6.51. The fraction of sp³-hybridized carbons (Fsp3) is 0.179. The number of imidazole rings is 1. The van der Waals surface area contributed by atoms with Gasteiger partial charge in [0, 0.05) is 5.56 Å². The highest BCUT2D eigenvalue weighted by Gasteiger charge is 2.48. The van der Waals surface area contributed by atoms with Crippen molar-refractivity contribution in [3.05, 3.63) is 94.6 Å². The van der Waals surface area contributed by atoms with Crippen molar-refractivity contribution in [2.45, 2.75) is 25.8 Å². The first kappa shape index (κ1) is 21.2. The number of aryl methyl sites for hydroxylation is 2. The van der Waals surface area contributed by atoms with Crippen LogP contribution in [-0.4, -0.2) is 33.4 Å². The Hall–Kier alpha value is -4.39. The van der Waals surface area contributed by atoms with E-state index in [0.717, 1.165) is 35.2 Å². The second kappa shape index (κ2) is 8.13. The van der Waals surface area contributed by atoms with Gasteiger partial charge >= 0.3 is 5.91 Å². The van der Waals surface area contributed by atoms with Gasteiger partial charge in [-0.2, -0.15) is 0 Å². The van der Waals surface area contributed by atoms with Gasteiger partial charge < -0.3 is 14.8 Å². The van der Waals surface area contributed by atoms with Crippen LogP contribution in [0, 0.1) is 6.92 Å². The zero-order chi connectivity index (χ0) is 24.1. The number of aromatic nitrogens is 2. The molecule has 1 saturated heterocycles. The summed E-state index contributed by atoms with van der Waals surface area (Å²) < 4.78 is 5.69. The molecule has 0 spiro atoms. The minimum absolute atomic E-state index is 0.0396. The van der Waals surface area contributed by atoms with Gasteiger partial charge in [0.05, 0.1) is 29.3 Å². The molecule has 4 aromatic rings. The number of nitrogens with zero attached hydrogens (tertiary/aromatic N) is 2. The molecule has 0 saturated carbocycles. The van der Waals surface area contributed by atoms with Crippen LogP contribution in [0.25, 0.3) is 16.8 Å². The monoisotopic (exact) mass is 465 g/mol. The fourth-order valence-corrected chi connectivity index (χ4v) is 4.92. The summed E-state index contributed by atoms with van der Waals surface area (Å²) in [4.78, 5) is 35.9. The number of aliphatic hydroxyl groups excluding tert-OH is 1. The normalized spacial score (nSPS) is 19.1. The number of carbonyl (C=O) groups excluding carboxylic acids is 2. The lowest BCUT2D eigenvalue weighted by Crippen LogP contribution is -2.30. The largest absolute Gasteiger partial charge is 0.507 e. The van der Waals surface area contributed by atoms with Crippen LogP contribution in [0.5, 0.6) is 5.75 Å². The van der Waals surface area contributed by atoms with E-state index in [2.05, 4.69) is 9.97 Å². The van der Waals surface area contributed by atoms with Crippen molar-refractivity contribution >= 4 is 34.4 Å². The number of amides is 1. The number of hydrogen-bond acceptors (Lipinski definition) is 5. The number of rotatable bonds is 3. The van der Waals surface area contributed by atoms with Gasteiger partial charge in [0.1, 0.15) is 11.5 Å². The first-order valence-corrected chi connectivity index (χ1v) is 11.6. The van der Waals surface area contributed by atoms with Crippen molar-refractivity contribution in [2.24, 2.45) is 0 Å². The van der Waals surface area contributed by atoms with Crippen molar-refractivity contribution in [3.63, 3.8) is 0 Å². The molecule has 174 valence electrons. The lowest BCUT2D eigenvalue weighted by Gasteiger charge is -2.23. The second-order valence-corrected chi connectivity index (χ2v) is 8.94. The molecule has 1 unspecified atom stereocenters. The first-order valence-electron chi connectivity index (χ1n) is 11.6. The average molecular weight is 466 g/mol. The summed E-state index contributed by atoms with van der Waals surface area (Å²) in [7, 11) is 0. The third-order valence-electron chi connectivity index (χ3n) is 6.59. The Balaban J connectivity index is 1.55. The minimum Gasteiger partial charge on any atom is -0.507 e. The van der Waals surface area contributed by atoms with E-state index >= 15 is 0 Å². The molecule has 35 heavy (non-hydrogen) atoms. The molecule has 3 aromatic carbocycles. The van der Waals surface area contributed by atoms with Crippen LogP contribution in [0.3, 0.4) is 0 Å². The maximum absolute atomic E-state index is 13.4. The molecule has 2 aliphatic heterocycles. The van der Waals surface area contributed by atoms with Gasteiger partial charge in [-0.05, 0) is 61.2 Å². The predicted molar refractivity (Wildman–Crippen MR) is 132 cm³/mol. The smallest absolute Gasteiger partial charge is 0.302 e. The molecule has 1 atom stereocenters. The lowest BCUT2D eigenvalue weighted by atomic mass is 9.93. The highest BCUT2D eigenvalue weighted by atomic mass is 16.5. The average Bonchev–Trinajstić information content (AvgIpc) is 3.41. The summed E-state index contributed by atoms with van der Waals surface area (Å²) in [6.45, 7) is 2.61. The number of ketones is 1. The van der Waals surface area contributed by atoms with E-state index in [4.69, 9.17) is 4.74 Å². The van der Waals surface area contributed by atoms with Crippen molar-refractivity contribution in [3.8, 4) is 5.75 Å². The molecule has 1 amide bonds. The number of hydrogen-bond donors (Lipinski definition) is 2.